The average Bonchev–Trinajstić information content (AvgIpc) is 2.75. The van der Waals surface area contributed by atoms with Gasteiger partial charge in [0.1, 0.15) is 16.5 Å². The number of phenolic OH excluding ortho intramolecular Hbond substituents is 1. The van der Waals surface area contributed by atoms with E-state index in [0.717, 1.165) is 12.1 Å². The number of esters is 1. The molecule has 0 atom stereocenters. The molecular formula is C22H17ClFNO6S. The van der Waals surface area contributed by atoms with Crippen molar-refractivity contribution < 1.29 is 32.2 Å². The number of ether oxygens (including phenoxy) is 2. The minimum absolute atomic E-state index is 0.0424. The molecule has 32 heavy (non-hydrogen) atoms. The zero-order valence-electron chi connectivity index (χ0n) is 16.7. The summed E-state index contributed by atoms with van der Waals surface area (Å²) in [6.07, 6.45) is 0.285. The molecule has 10 heteroatoms. The van der Waals surface area contributed by atoms with Crippen molar-refractivity contribution in [1.82, 2.24) is 0 Å². The second-order valence-electron chi connectivity index (χ2n) is 7.01. The number of rotatable bonds is 1. The Morgan fingerprint density at radius 2 is 1.91 bits per heavy atom. The van der Waals surface area contributed by atoms with E-state index in [9.17, 15) is 22.7 Å². The molecule has 3 aromatic carbocycles. The number of anilines is 1. The molecule has 0 aliphatic carbocycles. The van der Waals surface area contributed by atoms with Gasteiger partial charge in [0.15, 0.2) is 5.75 Å². The number of benzene rings is 3. The molecule has 0 fully saturated rings. The lowest BCUT2D eigenvalue weighted by molar-refractivity contribution is 0.0509. The van der Waals surface area contributed by atoms with Crippen LogP contribution in [0.4, 0.5) is 10.1 Å². The molecule has 0 aromatic heterocycles. The van der Waals surface area contributed by atoms with E-state index < -0.39 is 32.5 Å². The van der Waals surface area contributed by atoms with Crippen molar-refractivity contribution in [2.45, 2.75) is 11.3 Å². The van der Waals surface area contributed by atoms with Crippen molar-refractivity contribution in [3.63, 3.8) is 0 Å². The van der Waals surface area contributed by atoms with E-state index >= 15 is 0 Å². The van der Waals surface area contributed by atoms with Crippen LogP contribution < -0.4 is 9.46 Å². The van der Waals surface area contributed by atoms with E-state index in [4.69, 9.17) is 21.1 Å². The number of carbonyl (C=O) groups excluding carboxylic acids is 1. The first kappa shape index (κ1) is 21.9. The Bertz CT molecular complexity index is 1340. The van der Waals surface area contributed by atoms with Gasteiger partial charge in [-0.15, -0.1) is 0 Å². The van der Waals surface area contributed by atoms with Crippen LogP contribution in [0.15, 0.2) is 53.4 Å². The van der Waals surface area contributed by atoms with E-state index in [-0.39, 0.29) is 35.1 Å². The van der Waals surface area contributed by atoms with Crippen LogP contribution in [-0.4, -0.2) is 33.2 Å². The Labute approximate surface area is 188 Å². The highest BCUT2D eigenvalue weighted by Crippen LogP contribution is 2.37. The lowest BCUT2D eigenvalue weighted by Crippen LogP contribution is -2.16. The monoisotopic (exact) mass is 477 g/mol. The van der Waals surface area contributed by atoms with Gasteiger partial charge in [0.2, 0.25) is 0 Å². The van der Waals surface area contributed by atoms with E-state index in [0.29, 0.717) is 16.7 Å². The SMILES string of the molecule is COc1ccc2cc1NS(=O)(=O)c1cc(cc(Cl)c1O)C(=O)OCCc1ccc(F)cc1-2. The molecule has 166 valence electrons. The summed E-state index contributed by atoms with van der Waals surface area (Å²) >= 11 is 5.97. The zero-order valence-corrected chi connectivity index (χ0v) is 18.3. The number of phenols is 1. The summed E-state index contributed by atoms with van der Waals surface area (Å²) in [5, 5.41) is 9.94. The van der Waals surface area contributed by atoms with Gasteiger partial charge in [-0.1, -0.05) is 23.7 Å². The molecule has 0 saturated carbocycles. The topological polar surface area (TPSA) is 102 Å². The fourth-order valence-corrected chi connectivity index (χ4v) is 4.90. The summed E-state index contributed by atoms with van der Waals surface area (Å²) in [7, 11) is -3.04. The Hall–Kier alpha value is -3.30. The van der Waals surface area contributed by atoms with Crippen molar-refractivity contribution in [3.8, 4) is 22.6 Å². The van der Waals surface area contributed by atoms with Crippen LogP contribution in [0.5, 0.6) is 11.5 Å². The Balaban J connectivity index is 1.96. The summed E-state index contributed by atoms with van der Waals surface area (Å²) in [4.78, 5) is 11.9. The third-order valence-corrected chi connectivity index (χ3v) is 6.65. The van der Waals surface area contributed by atoms with Crippen LogP contribution in [0.2, 0.25) is 5.02 Å². The Morgan fingerprint density at radius 1 is 1.12 bits per heavy atom. The van der Waals surface area contributed by atoms with Crippen LogP contribution in [0.25, 0.3) is 11.1 Å². The van der Waals surface area contributed by atoms with E-state index in [1.165, 1.54) is 31.4 Å². The molecule has 4 rings (SSSR count). The van der Waals surface area contributed by atoms with Gasteiger partial charge in [-0.3, -0.25) is 4.72 Å². The van der Waals surface area contributed by atoms with Crippen molar-refractivity contribution in [2.24, 2.45) is 0 Å². The first-order valence-electron chi connectivity index (χ1n) is 9.39. The highest BCUT2D eigenvalue weighted by atomic mass is 35.5. The van der Waals surface area contributed by atoms with Gasteiger partial charge >= 0.3 is 5.97 Å². The molecule has 1 aliphatic rings. The molecule has 1 aliphatic heterocycles. The lowest BCUT2D eigenvalue weighted by atomic mass is 9.97. The molecule has 7 nitrogen and oxygen atoms in total. The van der Waals surface area contributed by atoms with Gasteiger partial charge in [-0.2, -0.15) is 0 Å². The number of sulfonamides is 1. The normalized spacial score (nSPS) is 15.0. The summed E-state index contributed by atoms with van der Waals surface area (Å²) < 4.78 is 53.1. The summed E-state index contributed by atoms with van der Waals surface area (Å²) in [6, 6.07) is 11.0. The van der Waals surface area contributed by atoms with E-state index in [2.05, 4.69) is 4.72 Å². The van der Waals surface area contributed by atoms with Crippen LogP contribution >= 0.6 is 11.6 Å². The third kappa shape index (κ3) is 4.09. The van der Waals surface area contributed by atoms with Gasteiger partial charge < -0.3 is 14.6 Å². The van der Waals surface area contributed by atoms with E-state index in [1.807, 2.05) is 0 Å². The smallest absolute Gasteiger partial charge is 0.338 e. The van der Waals surface area contributed by atoms with Crippen LogP contribution in [0.1, 0.15) is 15.9 Å². The molecule has 0 unspecified atom stereocenters. The first-order valence-corrected chi connectivity index (χ1v) is 11.2. The number of hydrogen-bond donors (Lipinski definition) is 2. The van der Waals surface area contributed by atoms with Gasteiger partial charge in [0.05, 0.1) is 30.0 Å². The number of halogens is 2. The minimum Gasteiger partial charge on any atom is -0.505 e. The Kier molecular flexibility index (Phi) is 5.70. The van der Waals surface area contributed by atoms with Crippen molar-refractivity contribution >= 4 is 33.3 Å². The molecule has 0 radical (unpaired) electrons. The molecule has 0 amide bonds. The highest BCUT2D eigenvalue weighted by Gasteiger charge is 2.26. The first-order chi connectivity index (χ1) is 15.2. The zero-order chi connectivity index (χ0) is 23.0. The van der Waals surface area contributed by atoms with Gasteiger partial charge in [-0.25, -0.2) is 17.6 Å². The molecule has 0 spiro atoms. The maximum absolute atomic E-state index is 14.0. The van der Waals surface area contributed by atoms with Crippen molar-refractivity contribution in [3.05, 3.63) is 70.5 Å². The van der Waals surface area contributed by atoms with Gasteiger partial charge in [0, 0.05) is 6.42 Å². The fraction of sp³-hybridized carbons (Fsp3) is 0.136. The van der Waals surface area contributed by atoms with Crippen LogP contribution in [-0.2, 0) is 21.2 Å². The number of aromatic hydroxyl groups is 1. The van der Waals surface area contributed by atoms with Crippen molar-refractivity contribution in [1.29, 1.82) is 0 Å². The maximum Gasteiger partial charge on any atom is 0.338 e. The number of cyclic esters (lactones) is 1. The van der Waals surface area contributed by atoms with Gasteiger partial charge in [-0.05, 0) is 53.1 Å². The quantitative estimate of drug-likeness (QED) is 0.504. The molecular weight excluding hydrogens is 461 g/mol. The fourth-order valence-electron chi connectivity index (χ4n) is 3.42. The second kappa shape index (κ2) is 8.33. The predicted molar refractivity (Wildman–Crippen MR) is 116 cm³/mol. The number of carbonyl (C=O) groups is 1. The summed E-state index contributed by atoms with van der Waals surface area (Å²) in [5.74, 6) is -1.82. The standard InChI is InChI=1S/C22H17ClFNO6S/c1-30-19-5-3-13-9-18(19)25-32(28,29)20-10-14(8-17(23)21(20)26)22(27)31-7-6-12-2-4-15(24)11-16(12)13/h2-5,8-11,25-26H,6-7H2,1H3. The second-order valence-corrected chi connectivity index (χ2v) is 9.07. The van der Waals surface area contributed by atoms with Crippen LogP contribution in [0.3, 0.4) is 0 Å². The Morgan fingerprint density at radius 3 is 2.66 bits per heavy atom. The molecule has 0 saturated heterocycles. The molecule has 2 N–H and O–H groups in total. The number of nitrogens with one attached hydrogen (secondary N) is 1. The molecule has 1 heterocycles. The van der Waals surface area contributed by atoms with Crippen molar-refractivity contribution in [2.75, 3.05) is 18.4 Å². The largest absolute Gasteiger partial charge is 0.505 e. The highest BCUT2D eigenvalue weighted by molar-refractivity contribution is 7.92. The maximum atomic E-state index is 14.0. The third-order valence-electron chi connectivity index (χ3n) is 4.98. The van der Waals surface area contributed by atoms with Crippen LogP contribution in [0, 0.1) is 5.82 Å². The summed E-state index contributed by atoms with van der Waals surface area (Å²) in [5.41, 5.74) is 1.62. The molecule has 3 aromatic rings. The number of fused-ring (bicyclic) bond motifs is 6. The molecule has 4 bridgehead atoms. The van der Waals surface area contributed by atoms with E-state index in [1.54, 1.807) is 12.1 Å². The number of methoxy groups -OCH3 is 1. The average molecular weight is 478 g/mol. The minimum atomic E-state index is -4.41. The lowest BCUT2D eigenvalue weighted by Gasteiger charge is -2.17. The number of hydrogen-bond acceptors (Lipinski definition) is 6. The summed E-state index contributed by atoms with van der Waals surface area (Å²) in [6.45, 7) is -0.0424. The predicted octanol–water partition coefficient (Wildman–Crippen LogP) is 4.37. The van der Waals surface area contributed by atoms with Gasteiger partial charge in [0.25, 0.3) is 10.0 Å².